The molecular formula is C15H22BrFN2. The summed E-state index contributed by atoms with van der Waals surface area (Å²) in [5.41, 5.74) is 1.05. The lowest BCUT2D eigenvalue weighted by Crippen LogP contribution is -2.43. The van der Waals surface area contributed by atoms with Crippen LogP contribution in [0.4, 0.5) is 4.39 Å². The first-order valence-corrected chi connectivity index (χ1v) is 7.88. The zero-order chi connectivity index (χ0) is 13.7. The number of rotatable bonds is 5. The summed E-state index contributed by atoms with van der Waals surface area (Å²) in [6.07, 6.45) is 3.51. The highest BCUT2D eigenvalue weighted by molar-refractivity contribution is 9.10. The molecule has 0 radical (unpaired) electrons. The Hall–Kier alpha value is -0.450. The average molecular weight is 329 g/mol. The van der Waals surface area contributed by atoms with E-state index >= 15 is 0 Å². The third kappa shape index (κ3) is 4.26. The summed E-state index contributed by atoms with van der Waals surface area (Å²) < 4.78 is 14.4. The maximum atomic E-state index is 13.4. The van der Waals surface area contributed by atoms with Gasteiger partial charge in [0.2, 0.25) is 0 Å². The molecule has 0 saturated carbocycles. The van der Waals surface area contributed by atoms with Crippen LogP contribution in [-0.2, 0) is 6.54 Å². The molecule has 1 aliphatic rings. The van der Waals surface area contributed by atoms with Gasteiger partial charge in [-0.2, -0.15) is 0 Å². The summed E-state index contributed by atoms with van der Waals surface area (Å²) >= 11 is 3.53. The summed E-state index contributed by atoms with van der Waals surface area (Å²) in [7, 11) is 0. The molecule has 1 N–H and O–H groups in total. The molecule has 4 heteroatoms. The number of nitrogens with one attached hydrogen (secondary N) is 1. The lowest BCUT2D eigenvalue weighted by molar-refractivity contribution is 0.154. The SMILES string of the molecule is CCCN(Cc1cc(F)ccc1Br)C1CCNCC1. The Morgan fingerprint density at radius 1 is 1.37 bits per heavy atom. The Bertz CT molecular complexity index is 405. The minimum Gasteiger partial charge on any atom is -0.317 e. The van der Waals surface area contributed by atoms with Crippen LogP contribution in [0.3, 0.4) is 0 Å². The van der Waals surface area contributed by atoms with Crippen molar-refractivity contribution in [2.75, 3.05) is 19.6 Å². The molecule has 1 fully saturated rings. The first-order chi connectivity index (χ1) is 9.20. The van der Waals surface area contributed by atoms with Crippen LogP contribution in [0, 0.1) is 5.82 Å². The highest BCUT2D eigenvalue weighted by atomic mass is 79.9. The van der Waals surface area contributed by atoms with Crippen molar-refractivity contribution in [3.05, 3.63) is 34.1 Å². The van der Waals surface area contributed by atoms with E-state index in [1.807, 2.05) is 0 Å². The highest BCUT2D eigenvalue weighted by Crippen LogP contribution is 2.22. The van der Waals surface area contributed by atoms with Gasteiger partial charge in [-0.15, -0.1) is 0 Å². The quantitative estimate of drug-likeness (QED) is 0.889. The van der Waals surface area contributed by atoms with E-state index in [0.29, 0.717) is 6.04 Å². The Morgan fingerprint density at radius 3 is 2.79 bits per heavy atom. The molecule has 1 aromatic carbocycles. The minimum absolute atomic E-state index is 0.153. The number of hydrogen-bond acceptors (Lipinski definition) is 2. The Kier molecular flexibility index (Phi) is 5.79. The molecule has 0 bridgehead atoms. The number of nitrogens with zero attached hydrogens (tertiary/aromatic N) is 1. The van der Waals surface area contributed by atoms with Crippen molar-refractivity contribution in [1.29, 1.82) is 0 Å². The van der Waals surface area contributed by atoms with Gasteiger partial charge in [0.1, 0.15) is 5.82 Å². The fraction of sp³-hybridized carbons (Fsp3) is 0.600. The van der Waals surface area contributed by atoms with Crippen molar-refractivity contribution < 1.29 is 4.39 Å². The monoisotopic (exact) mass is 328 g/mol. The maximum Gasteiger partial charge on any atom is 0.123 e. The summed E-state index contributed by atoms with van der Waals surface area (Å²) in [4.78, 5) is 2.50. The van der Waals surface area contributed by atoms with Gasteiger partial charge in [-0.25, -0.2) is 4.39 Å². The first-order valence-electron chi connectivity index (χ1n) is 7.09. The van der Waals surface area contributed by atoms with Crippen molar-refractivity contribution in [1.82, 2.24) is 10.2 Å². The van der Waals surface area contributed by atoms with Crippen LogP contribution in [0.25, 0.3) is 0 Å². The smallest absolute Gasteiger partial charge is 0.123 e. The van der Waals surface area contributed by atoms with Crippen LogP contribution in [0.1, 0.15) is 31.7 Å². The molecule has 1 aliphatic heterocycles. The number of benzene rings is 1. The van der Waals surface area contributed by atoms with E-state index in [2.05, 4.69) is 33.1 Å². The fourth-order valence-corrected chi connectivity index (χ4v) is 3.11. The van der Waals surface area contributed by atoms with Crippen molar-refractivity contribution in [3.63, 3.8) is 0 Å². The average Bonchev–Trinajstić information content (AvgIpc) is 2.43. The molecule has 2 rings (SSSR count). The molecule has 1 heterocycles. The van der Waals surface area contributed by atoms with Gasteiger partial charge in [-0.1, -0.05) is 22.9 Å². The minimum atomic E-state index is -0.153. The highest BCUT2D eigenvalue weighted by Gasteiger charge is 2.21. The molecule has 0 spiro atoms. The van der Waals surface area contributed by atoms with Gasteiger partial charge in [-0.05, 0) is 62.7 Å². The molecule has 19 heavy (non-hydrogen) atoms. The number of halogens is 2. The third-order valence-corrected chi connectivity index (χ3v) is 4.49. The van der Waals surface area contributed by atoms with Gasteiger partial charge in [0, 0.05) is 17.1 Å². The summed E-state index contributed by atoms with van der Waals surface area (Å²) in [5.74, 6) is -0.153. The normalized spacial score (nSPS) is 17.1. The van der Waals surface area contributed by atoms with Gasteiger partial charge in [-0.3, -0.25) is 4.90 Å². The molecule has 106 valence electrons. The van der Waals surface area contributed by atoms with Gasteiger partial charge < -0.3 is 5.32 Å². The standard InChI is InChI=1S/C15H22BrFN2/c1-2-9-19(14-5-7-18-8-6-14)11-12-10-13(17)3-4-15(12)16/h3-4,10,14,18H,2,5-9,11H2,1H3. The second kappa shape index (κ2) is 7.36. The van der Waals surface area contributed by atoms with Crippen LogP contribution in [0.15, 0.2) is 22.7 Å². The number of hydrogen-bond donors (Lipinski definition) is 1. The van der Waals surface area contributed by atoms with E-state index in [0.717, 1.165) is 42.6 Å². The van der Waals surface area contributed by atoms with Gasteiger partial charge in [0.05, 0.1) is 0 Å². The second-order valence-corrected chi connectivity index (χ2v) is 6.04. The van der Waals surface area contributed by atoms with E-state index in [-0.39, 0.29) is 5.82 Å². The summed E-state index contributed by atoms with van der Waals surface area (Å²) in [5, 5.41) is 3.40. The molecule has 2 nitrogen and oxygen atoms in total. The van der Waals surface area contributed by atoms with Gasteiger partial charge >= 0.3 is 0 Å². The van der Waals surface area contributed by atoms with Crippen LogP contribution >= 0.6 is 15.9 Å². The summed E-state index contributed by atoms with van der Waals surface area (Å²) in [6.45, 7) is 6.30. The zero-order valence-corrected chi connectivity index (χ0v) is 13.0. The topological polar surface area (TPSA) is 15.3 Å². The Labute approximate surface area is 123 Å². The van der Waals surface area contributed by atoms with E-state index in [1.165, 1.54) is 18.9 Å². The van der Waals surface area contributed by atoms with E-state index < -0.39 is 0 Å². The van der Waals surface area contributed by atoms with E-state index in [4.69, 9.17) is 0 Å². The van der Waals surface area contributed by atoms with Crippen molar-refractivity contribution in [3.8, 4) is 0 Å². The molecule has 1 saturated heterocycles. The molecule has 0 atom stereocenters. The van der Waals surface area contributed by atoms with Crippen LogP contribution in [0.2, 0.25) is 0 Å². The molecule has 1 aromatic rings. The van der Waals surface area contributed by atoms with Crippen molar-refractivity contribution in [2.45, 2.75) is 38.8 Å². The predicted octanol–water partition coefficient (Wildman–Crippen LogP) is 3.55. The predicted molar refractivity (Wildman–Crippen MR) is 80.7 cm³/mol. The van der Waals surface area contributed by atoms with Crippen molar-refractivity contribution >= 4 is 15.9 Å². The Morgan fingerprint density at radius 2 is 2.11 bits per heavy atom. The number of piperidine rings is 1. The summed E-state index contributed by atoms with van der Waals surface area (Å²) in [6, 6.07) is 5.57. The molecule has 0 amide bonds. The van der Waals surface area contributed by atoms with E-state index in [9.17, 15) is 4.39 Å². The maximum absolute atomic E-state index is 13.4. The lowest BCUT2D eigenvalue weighted by atomic mass is 10.0. The fourth-order valence-electron chi connectivity index (χ4n) is 2.73. The van der Waals surface area contributed by atoms with Crippen molar-refractivity contribution in [2.24, 2.45) is 0 Å². The van der Waals surface area contributed by atoms with E-state index in [1.54, 1.807) is 12.1 Å². The molecule has 0 aromatic heterocycles. The largest absolute Gasteiger partial charge is 0.317 e. The molecule has 0 unspecified atom stereocenters. The molecular weight excluding hydrogens is 307 g/mol. The Balaban J connectivity index is 2.08. The lowest BCUT2D eigenvalue weighted by Gasteiger charge is -2.34. The molecule has 0 aliphatic carbocycles. The third-order valence-electron chi connectivity index (χ3n) is 3.72. The first kappa shape index (κ1) is 14.9. The van der Waals surface area contributed by atoms with Crippen LogP contribution in [-0.4, -0.2) is 30.6 Å². The van der Waals surface area contributed by atoms with Gasteiger partial charge in [0.25, 0.3) is 0 Å². The van der Waals surface area contributed by atoms with Gasteiger partial charge in [0.15, 0.2) is 0 Å². The van der Waals surface area contributed by atoms with Crippen LogP contribution < -0.4 is 5.32 Å². The van der Waals surface area contributed by atoms with Crippen LogP contribution in [0.5, 0.6) is 0 Å². The zero-order valence-electron chi connectivity index (χ0n) is 11.5. The second-order valence-electron chi connectivity index (χ2n) is 5.19.